The van der Waals surface area contributed by atoms with Gasteiger partial charge in [-0.3, -0.25) is 0 Å². The minimum atomic E-state index is 0.225. The van der Waals surface area contributed by atoms with Gasteiger partial charge in [0.25, 0.3) is 0 Å². The predicted molar refractivity (Wildman–Crippen MR) is 80.0 cm³/mol. The van der Waals surface area contributed by atoms with Crippen molar-refractivity contribution in [2.45, 2.75) is 26.7 Å². The molecule has 0 amide bonds. The van der Waals surface area contributed by atoms with Crippen LogP contribution in [-0.4, -0.2) is 9.97 Å². The Kier molecular flexibility index (Phi) is 3.90. The lowest BCUT2D eigenvalue weighted by molar-refractivity contribution is 0.776. The van der Waals surface area contributed by atoms with Crippen molar-refractivity contribution in [3.05, 3.63) is 40.7 Å². The number of halogens is 1. The van der Waals surface area contributed by atoms with Gasteiger partial charge in [-0.1, -0.05) is 31.5 Å². The Hall–Kier alpha value is -1.81. The van der Waals surface area contributed by atoms with Crippen LogP contribution in [0.15, 0.2) is 24.3 Å². The second kappa shape index (κ2) is 5.45. The van der Waals surface area contributed by atoms with E-state index in [1.54, 1.807) is 0 Å². The predicted octanol–water partition coefficient (Wildman–Crippen LogP) is 3.89. The standard InChI is InChI=1S/C14H17ClN4/c1-8(2)13-18-12(16)9(3)14(19-13)17-11-6-4-5-10(15)7-11/h4-8H,1-3H3,(H3,16,17,18,19). The van der Waals surface area contributed by atoms with Crippen LogP contribution in [0, 0.1) is 6.92 Å². The molecule has 4 nitrogen and oxygen atoms in total. The van der Waals surface area contributed by atoms with E-state index in [0.29, 0.717) is 10.8 Å². The zero-order valence-electron chi connectivity index (χ0n) is 11.2. The molecule has 2 aromatic rings. The molecule has 0 atom stereocenters. The largest absolute Gasteiger partial charge is 0.383 e. The van der Waals surface area contributed by atoms with Gasteiger partial charge in [0.1, 0.15) is 17.5 Å². The van der Waals surface area contributed by atoms with E-state index in [0.717, 1.165) is 22.9 Å². The fraction of sp³-hybridized carbons (Fsp3) is 0.286. The molecule has 1 heterocycles. The van der Waals surface area contributed by atoms with Crippen LogP contribution in [0.3, 0.4) is 0 Å². The molecule has 0 bridgehead atoms. The molecule has 2 rings (SSSR count). The van der Waals surface area contributed by atoms with Gasteiger partial charge in [-0.2, -0.15) is 0 Å². The molecule has 100 valence electrons. The van der Waals surface area contributed by atoms with Crippen molar-refractivity contribution in [3.8, 4) is 0 Å². The zero-order valence-corrected chi connectivity index (χ0v) is 12.0. The summed E-state index contributed by atoms with van der Waals surface area (Å²) in [5.41, 5.74) is 7.64. The fourth-order valence-electron chi connectivity index (χ4n) is 1.63. The minimum Gasteiger partial charge on any atom is -0.383 e. The van der Waals surface area contributed by atoms with E-state index in [2.05, 4.69) is 15.3 Å². The van der Waals surface area contributed by atoms with Gasteiger partial charge < -0.3 is 11.1 Å². The number of anilines is 3. The highest BCUT2D eigenvalue weighted by Gasteiger charge is 2.11. The summed E-state index contributed by atoms with van der Waals surface area (Å²) >= 11 is 5.97. The number of nitrogens with two attached hydrogens (primary N) is 1. The molecule has 0 aliphatic rings. The summed E-state index contributed by atoms with van der Waals surface area (Å²) in [7, 11) is 0. The summed E-state index contributed by atoms with van der Waals surface area (Å²) in [6, 6.07) is 7.48. The lowest BCUT2D eigenvalue weighted by Crippen LogP contribution is -2.08. The van der Waals surface area contributed by atoms with Crippen LogP contribution in [-0.2, 0) is 0 Å². The van der Waals surface area contributed by atoms with Crippen LogP contribution >= 0.6 is 11.6 Å². The average molecular weight is 277 g/mol. The second-order valence-corrected chi connectivity index (χ2v) is 5.17. The van der Waals surface area contributed by atoms with Gasteiger partial charge in [0.05, 0.1) is 0 Å². The number of nitrogen functional groups attached to an aromatic ring is 1. The van der Waals surface area contributed by atoms with E-state index in [1.165, 1.54) is 0 Å². The Labute approximate surface area is 118 Å². The summed E-state index contributed by atoms with van der Waals surface area (Å²) in [5, 5.41) is 3.91. The molecule has 0 spiro atoms. The van der Waals surface area contributed by atoms with E-state index in [9.17, 15) is 0 Å². The molecule has 19 heavy (non-hydrogen) atoms. The first-order valence-corrected chi connectivity index (χ1v) is 6.51. The number of benzene rings is 1. The van der Waals surface area contributed by atoms with E-state index >= 15 is 0 Å². The average Bonchev–Trinajstić information content (AvgIpc) is 2.34. The fourth-order valence-corrected chi connectivity index (χ4v) is 1.83. The molecular weight excluding hydrogens is 260 g/mol. The van der Waals surface area contributed by atoms with E-state index in [4.69, 9.17) is 17.3 Å². The number of nitrogens with zero attached hydrogens (tertiary/aromatic N) is 2. The third-order valence-electron chi connectivity index (χ3n) is 2.80. The Morgan fingerprint density at radius 3 is 2.63 bits per heavy atom. The molecule has 0 fully saturated rings. The molecule has 0 saturated heterocycles. The first-order chi connectivity index (χ1) is 8.97. The van der Waals surface area contributed by atoms with Gasteiger partial charge in [0.15, 0.2) is 0 Å². The summed E-state index contributed by atoms with van der Waals surface area (Å²) < 4.78 is 0. The highest BCUT2D eigenvalue weighted by molar-refractivity contribution is 6.30. The maximum atomic E-state index is 5.97. The molecule has 0 aliphatic heterocycles. The Balaban J connectivity index is 2.39. The third kappa shape index (κ3) is 3.15. The van der Waals surface area contributed by atoms with Crippen molar-refractivity contribution >= 4 is 28.9 Å². The number of hydrogen-bond acceptors (Lipinski definition) is 4. The van der Waals surface area contributed by atoms with Crippen molar-refractivity contribution in [3.63, 3.8) is 0 Å². The van der Waals surface area contributed by atoms with E-state index in [-0.39, 0.29) is 5.92 Å². The SMILES string of the molecule is Cc1c(N)nc(C(C)C)nc1Nc1cccc(Cl)c1. The smallest absolute Gasteiger partial charge is 0.139 e. The van der Waals surface area contributed by atoms with Gasteiger partial charge in [-0.15, -0.1) is 0 Å². The maximum Gasteiger partial charge on any atom is 0.139 e. The minimum absolute atomic E-state index is 0.225. The maximum absolute atomic E-state index is 5.97. The normalized spacial score (nSPS) is 10.8. The Bertz CT molecular complexity index is 596. The van der Waals surface area contributed by atoms with Gasteiger partial charge in [0, 0.05) is 22.2 Å². The number of aromatic nitrogens is 2. The van der Waals surface area contributed by atoms with Crippen LogP contribution in [0.4, 0.5) is 17.3 Å². The van der Waals surface area contributed by atoms with Crippen LogP contribution in [0.1, 0.15) is 31.2 Å². The van der Waals surface area contributed by atoms with E-state index < -0.39 is 0 Å². The van der Waals surface area contributed by atoms with Crippen LogP contribution in [0.25, 0.3) is 0 Å². The van der Waals surface area contributed by atoms with Gasteiger partial charge in [-0.25, -0.2) is 9.97 Å². The van der Waals surface area contributed by atoms with Gasteiger partial charge in [-0.05, 0) is 25.1 Å². The van der Waals surface area contributed by atoms with E-state index in [1.807, 2.05) is 45.0 Å². The molecule has 1 aromatic carbocycles. The molecule has 0 saturated carbocycles. The first kappa shape index (κ1) is 13.6. The topological polar surface area (TPSA) is 63.8 Å². The van der Waals surface area contributed by atoms with Gasteiger partial charge in [0.2, 0.25) is 0 Å². The summed E-state index contributed by atoms with van der Waals surface area (Å²) in [6.07, 6.45) is 0. The first-order valence-electron chi connectivity index (χ1n) is 6.14. The Morgan fingerprint density at radius 2 is 2.00 bits per heavy atom. The lowest BCUT2D eigenvalue weighted by Gasteiger charge is -2.13. The van der Waals surface area contributed by atoms with Crippen molar-refractivity contribution in [1.82, 2.24) is 9.97 Å². The molecule has 3 N–H and O–H groups in total. The molecule has 1 aromatic heterocycles. The highest BCUT2D eigenvalue weighted by atomic mass is 35.5. The lowest BCUT2D eigenvalue weighted by atomic mass is 10.2. The van der Waals surface area contributed by atoms with Crippen molar-refractivity contribution in [2.75, 3.05) is 11.1 Å². The second-order valence-electron chi connectivity index (χ2n) is 4.73. The van der Waals surface area contributed by atoms with Crippen molar-refractivity contribution < 1.29 is 0 Å². The Morgan fingerprint density at radius 1 is 1.26 bits per heavy atom. The number of rotatable bonds is 3. The molecular formula is C14H17ClN4. The highest BCUT2D eigenvalue weighted by Crippen LogP contribution is 2.25. The van der Waals surface area contributed by atoms with Crippen LogP contribution < -0.4 is 11.1 Å². The summed E-state index contributed by atoms with van der Waals surface area (Å²) in [5.74, 6) is 2.18. The number of nitrogens with one attached hydrogen (secondary N) is 1. The summed E-state index contributed by atoms with van der Waals surface area (Å²) in [4.78, 5) is 8.80. The van der Waals surface area contributed by atoms with Crippen LogP contribution in [0.2, 0.25) is 5.02 Å². The third-order valence-corrected chi connectivity index (χ3v) is 3.04. The quantitative estimate of drug-likeness (QED) is 0.893. The zero-order chi connectivity index (χ0) is 14.0. The molecule has 0 radical (unpaired) electrons. The van der Waals surface area contributed by atoms with Crippen LogP contribution in [0.5, 0.6) is 0 Å². The molecule has 5 heteroatoms. The molecule has 0 aliphatic carbocycles. The molecule has 0 unspecified atom stereocenters. The van der Waals surface area contributed by atoms with Gasteiger partial charge >= 0.3 is 0 Å². The monoisotopic (exact) mass is 276 g/mol. The number of hydrogen-bond donors (Lipinski definition) is 2. The summed E-state index contributed by atoms with van der Waals surface area (Å²) in [6.45, 7) is 5.97. The van der Waals surface area contributed by atoms with Crippen molar-refractivity contribution in [2.24, 2.45) is 0 Å². The van der Waals surface area contributed by atoms with Crippen molar-refractivity contribution in [1.29, 1.82) is 0 Å².